The van der Waals surface area contributed by atoms with Gasteiger partial charge in [-0.1, -0.05) is 13.8 Å². The maximum atomic E-state index is 10.3. The first kappa shape index (κ1) is 11.4. The summed E-state index contributed by atoms with van der Waals surface area (Å²) in [5, 5.41) is 10.3. The second-order valence-corrected chi connectivity index (χ2v) is 4.91. The molecule has 0 bridgehead atoms. The Morgan fingerprint density at radius 2 is 2.06 bits per heavy atom. The van der Waals surface area contributed by atoms with Crippen molar-refractivity contribution < 1.29 is 9.52 Å². The number of thiophene rings is 1. The molecule has 2 nitrogen and oxygen atoms in total. The van der Waals surface area contributed by atoms with Gasteiger partial charge < -0.3 is 9.52 Å². The summed E-state index contributed by atoms with van der Waals surface area (Å²) in [5.74, 6) is 0.874. The zero-order valence-electron chi connectivity index (χ0n) is 9.56. The minimum atomic E-state index is -0.543. The predicted molar refractivity (Wildman–Crippen MR) is 65.8 cm³/mol. The van der Waals surface area contributed by atoms with Crippen molar-refractivity contribution in [3.63, 3.8) is 0 Å². The van der Waals surface area contributed by atoms with Crippen LogP contribution in [0.25, 0.3) is 0 Å². The third-order valence-corrected chi connectivity index (χ3v) is 3.98. The number of aliphatic hydroxyl groups excluding tert-OH is 1. The lowest BCUT2D eigenvalue weighted by atomic mass is 10.1. The van der Waals surface area contributed by atoms with Crippen LogP contribution in [0.15, 0.2) is 28.9 Å². The summed E-state index contributed by atoms with van der Waals surface area (Å²) in [7, 11) is 0. The molecule has 2 aromatic heterocycles. The Morgan fingerprint density at radius 1 is 1.25 bits per heavy atom. The molecule has 0 amide bonds. The van der Waals surface area contributed by atoms with E-state index >= 15 is 0 Å². The zero-order valence-corrected chi connectivity index (χ0v) is 10.4. The van der Waals surface area contributed by atoms with Crippen LogP contribution in [0.2, 0.25) is 0 Å². The molecular weight excluding hydrogens is 220 g/mol. The molecule has 1 unspecified atom stereocenters. The second kappa shape index (κ2) is 4.85. The van der Waals surface area contributed by atoms with E-state index < -0.39 is 6.10 Å². The van der Waals surface area contributed by atoms with Gasteiger partial charge in [-0.2, -0.15) is 0 Å². The van der Waals surface area contributed by atoms with Crippen molar-refractivity contribution >= 4 is 11.3 Å². The van der Waals surface area contributed by atoms with Gasteiger partial charge in [0.1, 0.15) is 11.9 Å². The normalized spacial score (nSPS) is 12.9. The largest absolute Gasteiger partial charge is 0.469 e. The van der Waals surface area contributed by atoms with Crippen molar-refractivity contribution in [2.45, 2.75) is 32.8 Å². The molecule has 2 heterocycles. The van der Waals surface area contributed by atoms with Gasteiger partial charge in [-0.25, -0.2) is 0 Å². The van der Waals surface area contributed by atoms with Crippen LogP contribution in [0, 0.1) is 0 Å². The Morgan fingerprint density at radius 3 is 2.69 bits per heavy atom. The van der Waals surface area contributed by atoms with Crippen LogP contribution in [0.5, 0.6) is 0 Å². The van der Waals surface area contributed by atoms with Gasteiger partial charge in [0, 0.05) is 21.7 Å². The van der Waals surface area contributed by atoms with Crippen LogP contribution in [0.1, 0.15) is 41.0 Å². The van der Waals surface area contributed by atoms with Crippen LogP contribution in [-0.2, 0) is 12.8 Å². The molecule has 1 N–H and O–H groups in total. The average Bonchev–Trinajstić information content (AvgIpc) is 2.96. The molecule has 3 heteroatoms. The fraction of sp³-hybridized carbons (Fsp3) is 0.385. The molecule has 0 aliphatic rings. The number of furan rings is 1. The lowest BCUT2D eigenvalue weighted by Gasteiger charge is -2.07. The molecule has 16 heavy (non-hydrogen) atoms. The van der Waals surface area contributed by atoms with Crippen LogP contribution in [0.4, 0.5) is 0 Å². The van der Waals surface area contributed by atoms with E-state index in [1.54, 1.807) is 17.6 Å². The summed E-state index contributed by atoms with van der Waals surface area (Å²) in [6.07, 6.45) is 2.93. The minimum absolute atomic E-state index is 0.543. The fourth-order valence-electron chi connectivity index (χ4n) is 1.77. The molecule has 0 aliphatic carbocycles. The summed E-state index contributed by atoms with van der Waals surface area (Å²) in [6.45, 7) is 4.15. The Labute approximate surface area is 99.5 Å². The molecule has 0 saturated heterocycles. The van der Waals surface area contributed by atoms with Gasteiger partial charge >= 0.3 is 0 Å². The van der Waals surface area contributed by atoms with Crippen molar-refractivity contribution in [2.75, 3.05) is 0 Å². The first-order valence-corrected chi connectivity index (χ1v) is 6.40. The van der Waals surface area contributed by atoms with E-state index in [0.717, 1.165) is 29.0 Å². The number of hydrogen-bond donors (Lipinski definition) is 1. The van der Waals surface area contributed by atoms with Gasteiger partial charge in [0.2, 0.25) is 0 Å². The molecule has 86 valence electrons. The molecule has 0 spiro atoms. The molecule has 2 rings (SSSR count). The Balaban J connectivity index is 2.27. The second-order valence-electron chi connectivity index (χ2n) is 3.71. The van der Waals surface area contributed by atoms with Crippen molar-refractivity contribution in [2.24, 2.45) is 0 Å². The molecule has 0 saturated carbocycles. The standard InChI is InChI=1S/C13H16O2S/c1-3-9-5-6-12(16-9)13(14)10-7-8-15-11(10)4-2/h5-8,13-14H,3-4H2,1-2H3. The summed E-state index contributed by atoms with van der Waals surface area (Å²) in [4.78, 5) is 2.29. The highest BCUT2D eigenvalue weighted by Gasteiger charge is 2.17. The van der Waals surface area contributed by atoms with Gasteiger partial charge in [0.05, 0.1) is 6.26 Å². The number of aliphatic hydroxyl groups is 1. The van der Waals surface area contributed by atoms with Gasteiger partial charge in [-0.15, -0.1) is 11.3 Å². The quantitative estimate of drug-likeness (QED) is 0.880. The monoisotopic (exact) mass is 236 g/mol. The third kappa shape index (κ3) is 2.06. The molecule has 1 atom stereocenters. The van der Waals surface area contributed by atoms with Crippen LogP contribution < -0.4 is 0 Å². The maximum Gasteiger partial charge on any atom is 0.117 e. The van der Waals surface area contributed by atoms with Gasteiger partial charge in [-0.05, 0) is 24.6 Å². The highest BCUT2D eigenvalue weighted by molar-refractivity contribution is 7.12. The van der Waals surface area contributed by atoms with E-state index in [2.05, 4.69) is 13.0 Å². The van der Waals surface area contributed by atoms with Crippen molar-refractivity contribution in [3.05, 3.63) is 45.5 Å². The lowest BCUT2D eigenvalue weighted by Crippen LogP contribution is -1.98. The first-order chi connectivity index (χ1) is 7.76. The average molecular weight is 236 g/mol. The summed E-state index contributed by atoms with van der Waals surface area (Å²) in [5.41, 5.74) is 0.895. The van der Waals surface area contributed by atoms with Crippen molar-refractivity contribution in [1.82, 2.24) is 0 Å². The number of hydrogen-bond acceptors (Lipinski definition) is 3. The fourth-order valence-corrected chi connectivity index (χ4v) is 2.72. The Kier molecular flexibility index (Phi) is 3.46. The van der Waals surface area contributed by atoms with E-state index in [4.69, 9.17) is 4.42 Å². The van der Waals surface area contributed by atoms with Crippen molar-refractivity contribution in [3.8, 4) is 0 Å². The van der Waals surface area contributed by atoms with E-state index in [1.165, 1.54) is 4.88 Å². The zero-order chi connectivity index (χ0) is 11.5. The highest BCUT2D eigenvalue weighted by Crippen LogP contribution is 2.31. The van der Waals surface area contributed by atoms with Gasteiger partial charge in [-0.3, -0.25) is 0 Å². The van der Waals surface area contributed by atoms with Gasteiger partial charge in [0.25, 0.3) is 0 Å². The Hall–Kier alpha value is -1.06. The topological polar surface area (TPSA) is 33.4 Å². The molecule has 0 fully saturated rings. The number of rotatable bonds is 4. The van der Waals surface area contributed by atoms with Crippen LogP contribution in [-0.4, -0.2) is 5.11 Å². The molecule has 0 radical (unpaired) electrons. The molecule has 0 aromatic carbocycles. The Bertz CT molecular complexity index is 456. The predicted octanol–water partition coefficient (Wildman–Crippen LogP) is 3.55. The van der Waals surface area contributed by atoms with E-state index in [-0.39, 0.29) is 0 Å². The lowest BCUT2D eigenvalue weighted by molar-refractivity contribution is 0.221. The smallest absolute Gasteiger partial charge is 0.117 e. The van der Waals surface area contributed by atoms with Gasteiger partial charge in [0.15, 0.2) is 0 Å². The SMILES string of the molecule is CCc1ccc(C(O)c2ccoc2CC)s1. The highest BCUT2D eigenvalue weighted by atomic mass is 32.1. The summed E-state index contributed by atoms with van der Waals surface area (Å²) in [6, 6.07) is 5.93. The van der Waals surface area contributed by atoms with Crippen LogP contribution >= 0.6 is 11.3 Å². The van der Waals surface area contributed by atoms with E-state index in [9.17, 15) is 5.11 Å². The number of aryl methyl sites for hydroxylation is 2. The molecular formula is C13H16O2S. The minimum Gasteiger partial charge on any atom is -0.469 e. The van der Waals surface area contributed by atoms with E-state index in [1.807, 2.05) is 19.1 Å². The maximum absolute atomic E-state index is 10.3. The third-order valence-electron chi connectivity index (χ3n) is 2.70. The first-order valence-electron chi connectivity index (χ1n) is 5.59. The molecule has 2 aromatic rings. The van der Waals surface area contributed by atoms with Crippen LogP contribution in [0.3, 0.4) is 0 Å². The van der Waals surface area contributed by atoms with E-state index in [0.29, 0.717) is 0 Å². The summed E-state index contributed by atoms with van der Waals surface area (Å²) < 4.78 is 5.33. The van der Waals surface area contributed by atoms with Crippen molar-refractivity contribution in [1.29, 1.82) is 0 Å². The summed E-state index contributed by atoms with van der Waals surface area (Å²) >= 11 is 1.67. The molecule has 0 aliphatic heterocycles.